The third-order valence-corrected chi connectivity index (χ3v) is 3.44. The highest BCUT2D eigenvalue weighted by atomic mass is 16.5. The van der Waals surface area contributed by atoms with Crippen LogP contribution in [0.15, 0.2) is 6.20 Å². The van der Waals surface area contributed by atoms with Crippen LogP contribution in [0.2, 0.25) is 0 Å². The second-order valence-corrected chi connectivity index (χ2v) is 4.94. The van der Waals surface area contributed by atoms with Gasteiger partial charge in [0.15, 0.2) is 5.65 Å². The third-order valence-electron chi connectivity index (χ3n) is 3.44. The van der Waals surface area contributed by atoms with Crippen molar-refractivity contribution in [3.8, 4) is 0 Å². The number of carbonyl (C=O) groups is 1. The molecule has 0 aliphatic carbocycles. The monoisotopic (exact) mass is 290 g/mol. The molecule has 0 radical (unpaired) electrons. The molecule has 0 amide bonds. The lowest BCUT2D eigenvalue weighted by Gasteiger charge is -2.11. The number of imidazole rings is 1. The molecule has 0 aliphatic heterocycles. The van der Waals surface area contributed by atoms with Crippen LogP contribution in [0.25, 0.3) is 11.2 Å². The van der Waals surface area contributed by atoms with Gasteiger partial charge in [-0.15, -0.1) is 0 Å². The lowest BCUT2D eigenvalue weighted by molar-refractivity contribution is 0.0527. The third kappa shape index (κ3) is 2.99. The van der Waals surface area contributed by atoms with Gasteiger partial charge in [-0.2, -0.15) is 0 Å². The summed E-state index contributed by atoms with van der Waals surface area (Å²) in [5.41, 5.74) is 2.64. The number of rotatable bonds is 6. The molecule has 6 nitrogen and oxygen atoms in total. The summed E-state index contributed by atoms with van der Waals surface area (Å²) in [7, 11) is 1.91. The molecule has 2 rings (SSSR count). The molecule has 0 saturated carbocycles. The Morgan fingerprint density at radius 1 is 1.43 bits per heavy atom. The summed E-state index contributed by atoms with van der Waals surface area (Å²) in [5.74, 6) is 0.492. The molecule has 6 heteroatoms. The Hall–Kier alpha value is -2.11. The topological polar surface area (TPSA) is 69.0 Å². The number of aryl methyl sites for hydroxylation is 2. The van der Waals surface area contributed by atoms with Crippen molar-refractivity contribution in [3.05, 3.63) is 17.6 Å². The molecule has 0 aliphatic rings. The van der Waals surface area contributed by atoms with Crippen molar-refractivity contribution < 1.29 is 9.53 Å². The van der Waals surface area contributed by atoms with Crippen molar-refractivity contribution in [2.24, 2.45) is 7.05 Å². The van der Waals surface area contributed by atoms with Crippen molar-refractivity contribution in [2.75, 3.05) is 18.5 Å². The molecule has 0 spiro atoms. The number of hydrogen-bond acceptors (Lipinski definition) is 5. The fourth-order valence-corrected chi connectivity index (χ4v) is 2.16. The Kier molecular flexibility index (Phi) is 4.77. The first-order valence-corrected chi connectivity index (χ1v) is 7.33. The Morgan fingerprint density at radius 3 is 2.86 bits per heavy atom. The fourth-order valence-electron chi connectivity index (χ4n) is 2.16. The summed E-state index contributed by atoms with van der Waals surface area (Å²) in [6.07, 6.45) is 3.67. The average Bonchev–Trinajstić information content (AvgIpc) is 2.75. The number of aromatic nitrogens is 3. The maximum absolute atomic E-state index is 12.1. The Balaban J connectivity index is 2.51. The maximum Gasteiger partial charge on any atom is 0.341 e. The smallest absolute Gasteiger partial charge is 0.341 e. The highest BCUT2D eigenvalue weighted by Gasteiger charge is 2.19. The molecule has 0 bridgehead atoms. The van der Waals surface area contributed by atoms with E-state index in [9.17, 15) is 4.79 Å². The van der Waals surface area contributed by atoms with E-state index in [1.54, 1.807) is 13.1 Å². The number of carbonyl (C=O) groups excluding carboxylic acids is 1. The largest absolute Gasteiger partial charge is 0.462 e. The van der Waals surface area contributed by atoms with Gasteiger partial charge in [0.05, 0.1) is 12.3 Å². The first-order valence-electron chi connectivity index (χ1n) is 7.33. The molecule has 0 aromatic carbocycles. The van der Waals surface area contributed by atoms with Crippen LogP contribution < -0.4 is 5.32 Å². The molecule has 2 aromatic rings. The fraction of sp³-hybridized carbons (Fsp3) is 0.533. The molecular formula is C15H22N4O2. The molecule has 2 aromatic heterocycles. The quantitative estimate of drug-likeness (QED) is 0.654. The molecule has 0 atom stereocenters. The van der Waals surface area contributed by atoms with E-state index in [1.807, 2.05) is 18.5 Å². The van der Waals surface area contributed by atoms with Crippen molar-refractivity contribution in [1.82, 2.24) is 14.5 Å². The van der Waals surface area contributed by atoms with E-state index < -0.39 is 0 Å². The normalized spacial score (nSPS) is 10.9. The van der Waals surface area contributed by atoms with E-state index in [0.717, 1.165) is 42.1 Å². The summed E-state index contributed by atoms with van der Waals surface area (Å²) in [5, 5.41) is 3.32. The number of ether oxygens (including phenoxy) is 1. The van der Waals surface area contributed by atoms with Crippen molar-refractivity contribution in [3.63, 3.8) is 0 Å². The predicted molar refractivity (Wildman–Crippen MR) is 82.6 cm³/mol. The van der Waals surface area contributed by atoms with E-state index in [4.69, 9.17) is 4.74 Å². The summed E-state index contributed by atoms with van der Waals surface area (Å²) in [4.78, 5) is 21.0. The number of fused-ring (bicyclic) bond motifs is 1. The number of hydrogen-bond donors (Lipinski definition) is 1. The molecule has 2 heterocycles. The lowest BCUT2D eigenvalue weighted by Crippen LogP contribution is -2.12. The number of nitrogens with zero attached hydrogens (tertiary/aromatic N) is 3. The summed E-state index contributed by atoms with van der Waals surface area (Å²) < 4.78 is 7.02. The number of anilines is 1. The minimum absolute atomic E-state index is 0.340. The van der Waals surface area contributed by atoms with Crippen LogP contribution in [0.4, 0.5) is 5.69 Å². The molecule has 0 fully saturated rings. The zero-order chi connectivity index (χ0) is 15.4. The van der Waals surface area contributed by atoms with Crippen LogP contribution in [-0.4, -0.2) is 33.7 Å². The van der Waals surface area contributed by atoms with Crippen molar-refractivity contribution in [2.45, 2.75) is 33.6 Å². The molecule has 0 saturated heterocycles. The average molecular weight is 290 g/mol. The standard InChI is InChI=1S/C15H22N4O2/c1-5-7-8-16-12-11(15(20)21-6-2)9-17-14-13(12)18-10(3)19(14)4/h9H,5-8H2,1-4H3,(H,16,17). The van der Waals surface area contributed by atoms with Gasteiger partial charge in [0.25, 0.3) is 0 Å². The SMILES string of the molecule is CCCCNc1c(C(=O)OCC)cnc2c1nc(C)n2C. The number of pyridine rings is 1. The predicted octanol–water partition coefficient (Wildman–Crippen LogP) is 2.67. The Morgan fingerprint density at radius 2 is 2.19 bits per heavy atom. The van der Waals surface area contributed by atoms with E-state index in [2.05, 4.69) is 22.2 Å². The van der Waals surface area contributed by atoms with Crippen LogP contribution in [0.3, 0.4) is 0 Å². The molecule has 1 N–H and O–H groups in total. The van der Waals surface area contributed by atoms with Crippen LogP contribution in [0, 0.1) is 6.92 Å². The van der Waals surface area contributed by atoms with E-state index >= 15 is 0 Å². The number of unbranched alkanes of at least 4 members (excludes halogenated alkanes) is 1. The van der Waals surface area contributed by atoms with Gasteiger partial charge in [-0.25, -0.2) is 14.8 Å². The van der Waals surface area contributed by atoms with Gasteiger partial charge in [-0.3, -0.25) is 0 Å². The van der Waals surface area contributed by atoms with Crippen molar-refractivity contribution >= 4 is 22.8 Å². The number of esters is 1. The summed E-state index contributed by atoms with van der Waals surface area (Å²) in [6, 6.07) is 0. The molecular weight excluding hydrogens is 268 g/mol. The van der Waals surface area contributed by atoms with E-state index in [1.165, 1.54) is 0 Å². The summed E-state index contributed by atoms with van der Waals surface area (Å²) >= 11 is 0. The van der Waals surface area contributed by atoms with Gasteiger partial charge < -0.3 is 14.6 Å². The van der Waals surface area contributed by atoms with Gasteiger partial charge in [-0.1, -0.05) is 13.3 Å². The van der Waals surface area contributed by atoms with Crippen LogP contribution in [0.1, 0.15) is 42.9 Å². The minimum atomic E-state index is -0.366. The highest BCUT2D eigenvalue weighted by Crippen LogP contribution is 2.26. The van der Waals surface area contributed by atoms with Gasteiger partial charge in [0, 0.05) is 19.8 Å². The number of nitrogens with one attached hydrogen (secondary N) is 1. The second kappa shape index (κ2) is 6.56. The lowest BCUT2D eigenvalue weighted by atomic mass is 10.2. The maximum atomic E-state index is 12.1. The van der Waals surface area contributed by atoms with E-state index in [-0.39, 0.29) is 5.97 Å². The van der Waals surface area contributed by atoms with Gasteiger partial charge >= 0.3 is 5.97 Å². The zero-order valence-corrected chi connectivity index (χ0v) is 13.1. The molecule has 21 heavy (non-hydrogen) atoms. The first kappa shape index (κ1) is 15.3. The molecule has 0 unspecified atom stereocenters. The highest BCUT2D eigenvalue weighted by molar-refractivity contribution is 6.03. The van der Waals surface area contributed by atoms with Gasteiger partial charge in [0.2, 0.25) is 0 Å². The Bertz CT molecular complexity index is 649. The Labute approximate surface area is 124 Å². The van der Waals surface area contributed by atoms with E-state index in [0.29, 0.717) is 12.2 Å². The zero-order valence-electron chi connectivity index (χ0n) is 13.1. The van der Waals surface area contributed by atoms with Crippen LogP contribution >= 0.6 is 0 Å². The first-order chi connectivity index (χ1) is 10.1. The second-order valence-electron chi connectivity index (χ2n) is 4.94. The van der Waals surface area contributed by atoms with Crippen LogP contribution in [0.5, 0.6) is 0 Å². The molecule has 114 valence electrons. The van der Waals surface area contributed by atoms with Crippen molar-refractivity contribution in [1.29, 1.82) is 0 Å². The van der Waals surface area contributed by atoms with Gasteiger partial charge in [0.1, 0.15) is 16.9 Å². The van der Waals surface area contributed by atoms with Gasteiger partial charge in [-0.05, 0) is 20.3 Å². The minimum Gasteiger partial charge on any atom is -0.462 e. The van der Waals surface area contributed by atoms with Crippen LogP contribution in [-0.2, 0) is 11.8 Å². The summed E-state index contributed by atoms with van der Waals surface area (Å²) in [6.45, 7) is 6.96.